The lowest BCUT2D eigenvalue weighted by atomic mass is 10.1. The number of ether oxygens (including phenoxy) is 1. The van der Waals surface area contributed by atoms with E-state index in [-0.39, 0.29) is 41.9 Å². The van der Waals surface area contributed by atoms with Crippen molar-refractivity contribution in [3.63, 3.8) is 0 Å². The summed E-state index contributed by atoms with van der Waals surface area (Å²) in [5.74, 6) is -0.367. The van der Waals surface area contributed by atoms with E-state index in [9.17, 15) is 14.3 Å². The fourth-order valence-electron chi connectivity index (χ4n) is 2.75. The number of piperidine rings is 1. The lowest BCUT2D eigenvalue weighted by Crippen LogP contribution is -2.49. The molecule has 152 valence electrons. The van der Waals surface area contributed by atoms with Gasteiger partial charge in [0.05, 0.1) is 13.2 Å². The van der Waals surface area contributed by atoms with E-state index in [0.29, 0.717) is 44.3 Å². The molecule has 9 heteroatoms. The van der Waals surface area contributed by atoms with Gasteiger partial charge in [0.15, 0.2) is 17.5 Å². The van der Waals surface area contributed by atoms with Crippen molar-refractivity contribution in [1.29, 1.82) is 0 Å². The monoisotopic (exact) mass is 494 g/mol. The molecule has 2 rings (SSSR count). The molecule has 27 heavy (non-hydrogen) atoms. The molecule has 7 nitrogen and oxygen atoms in total. The molecule has 0 saturated carbocycles. The van der Waals surface area contributed by atoms with Gasteiger partial charge in [0.1, 0.15) is 0 Å². The van der Waals surface area contributed by atoms with Crippen molar-refractivity contribution in [2.45, 2.75) is 39.3 Å². The van der Waals surface area contributed by atoms with E-state index in [1.54, 1.807) is 17.9 Å². The SMILES string of the molecule is CCNC(=NCc1ccc(O)c(F)c1)NC1CCN(C(=O)OCC)CC1.I. The Balaban J connectivity index is 0.00000364. The molecule has 0 aliphatic carbocycles. The van der Waals surface area contributed by atoms with Gasteiger partial charge in [-0.25, -0.2) is 14.2 Å². The quantitative estimate of drug-likeness (QED) is 0.333. The summed E-state index contributed by atoms with van der Waals surface area (Å²) < 4.78 is 18.4. The number of hydrogen-bond donors (Lipinski definition) is 3. The maximum atomic E-state index is 13.4. The Morgan fingerprint density at radius 1 is 1.37 bits per heavy atom. The Hall–Kier alpha value is -1.78. The highest BCUT2D eigenvalue weighted by Crippen LogP contribution is 2.16. The number of carbonyl (C=O) groups is 1. The summed E-state index contributed by atoms with van der Waals surface area (Å²) in [5, 5.41) is 15.8. The first kappa shape index (κ1) is 23.3. The van der Waals surface area contributed by atoms with Crippen LogP contribution >= 0.6 is 24.0 Å². The van der Waals surface area contributed by atoms with E-state index in [1.807, 2.05) is 6.92 Å². The number of amides is 1. The molecule has 0 unspecified atom stereocenters. The Labute approximate surface area is 176 Å². The molecule has 0 bridgehead atoms. The second-order valence-electron chi connectivity index (χ2n) is 6.09. The molecule has 1 fully saturated rings. The van der Waals surface area contributed by atoms with E-state index in [1.165, 1.54) is 12.1 Å². The minimum absolute atomic E-state index is 0. The van der Waals surface area contributed by atoms with Gasteiger partial charge in [-0.2, -0.15) is 0 Å². The number of guanidine groups is 1. The van der Waals surface area contributed by atoms with E-state index >= 15 is 0 Å². The summed E-state index contributed by atoms with van der Waals surface area (Å²) in [4.78, 5) is 17.9. The van der Waals surface area contributed by atoms with Crippen LogP contribution in [0.4, 0.5) is 9.18 Å². The van der Waals surface area contributed by atoms with Crippen LogP contribution in [0.2, 0.25) is 0 Å². The van der Waals surface area contributed by atoms with Gasteiger partial charge in [-0.3, -0.25) is 0 Å². The topological polar surface area (TPSA) is 86.2 Å². The zero-order valence-electron chi connectivity index (χ0n) is 15.7. The van der Waals surface area contributed by atoms with E-state index in [2.05, 4.69) is 15.6 Å². The maximum absolute atomic E-state index is 13.4. The molecule has 0 radical (unpaired) electrons. The maximum Gasteiger partial charge on any atom is 0.409 e. The zero-order chi connectivity index (χ0) is 18.9. The number of aliphatic imine (C=N–C) groups is 1. The molecule has 1 amide bonds. The van der Waals surface area contributed by atoms with Crippen LogP contribution in [0, 0.1) is 5.82 Å². The first-order valence-corrected chi connectivity index (χ1v) is 8.97. The smallest absolute Gasteiger partial charge is 0.409 e. The van der Waals surface area contributed by atoms with E-state index < -0.39 is 5.82 Å². The van der Waals surface area contributed by atoms with Crippen molar-refractivity contribution in [3.8, 4) is 5.75 Å². The van der Waals surface area contributed by atoms with Crippen molar-refractivity contribution in [2.24, 2.45) is 4.99 Å². The molecule has 1 saturated heterocycles. The number of halogens is 2. The van der Waals surface area contributed by atoms with Crippen LogP contribution in [0.3, 0.4) is 0 Å². The summed E-state index contributed by atoms with van der Waals surface area (Å²) in [7, 11) is 0. The van der Waals surface area contributed by atoms with Crippen molar-refractivity contribution < 1.29 is 19.0 Å². The lowest BCUT2D eigenvalue weighted by molar-refractivity contribution is 0.0963. The number of hydrogen-bond acceptors (Lipinski definition) is 4. The molecule has 0 aromatic heterocycles. The molecular formula is C18H28FIN4O3. The average molecular weight is 494 g/mol. The fourth-order valence-corrected chi connectivity index (χ4v) is 2.75. The molecule has 0 atom stereocenters. The molecule has 1 aliphatic rings. The minimum atomic E-state index is -0.651. The third-order valence-electron chi connectivity index (χ3n) is 4.14. The van der Waals surface area contributed by atoms with Crippen LogP contribution in [0.5, 0.6) is 5.75 Å². The van der Waals surface area contributed by atoms with Crippen LogP contribution in [0.1, 0.15) is 32.3 Å². The van der Waals surface area contributed by atoms with Crippen LogP contribution < -0.4 is 10.6 Å². The molecule has 1 heterocycles. The van der Waals surface area contributed by atoms with Crippen LogP contribution in [0.15, 0.2) is 23.2 Å². The average Bonchev–Trinajstić information content (AvgIpc) is 2.63. The number of phenols is 1. The number of rotatable bonds is 5. The predicted molar refractivity (Wildman–Crippen MR) is 113 cm³/mol. The van der Waals surface area contributed by atoms with Crippen LogP contribution in [-0.2, 0) is 11.3 Å². The number of nitrogens with one attached hydrogen (secondary N) is 2. The standard InChI is InChI=1S/C18H27FN4O3.HI/c1-3-20-17(21-12-13-5-6-16(24)15(19)11-13)22-14-7-9-23(10-8-14)18(25)26-4-2;/h5-6,11,14,24H,3-4,7-10,12H2,1-2H3,(H2,20,21,22);1H. The van der Waals surface area contributed by atoms with Crippen molar-refractivity contribution in [3.05, 3.63) is 29.6 Å². The molecule has 1 aromatic rings. The number of benzene rings is 1. The van der Waals surface area contributed by atoms with Crippen LogP contribution in [-0.4, -0.2) is 54.3 Å². The molecule has 1 aliphatic heterocycles. The number of nitrogens with zero attached hydrogens (tertiary/aromatic N) is 2. The van der Waals surface area contributed by atoms with Gasteiger partial charge >= 0.3 is 6.09 Å². The minimum Gasteiger partial charge on any atom is -0.505 e. The predicted octanol–water partition coefficient (Wildman–Crippen LogP) is 2.83. The number of carbonyl (C=O) groups excluding carboxylic acids is 1. The normalized spacial score (nSPS) is 15.1. The Bertz CT molecular complexity index is 637. The summed E-state index contributed by atoms with van der Waals surface area (Å²) in [6.07, 6.45) is 1.34. The second-order valence-corrected chi connectivity index (χ2v) is 6.09. The Morgan fingerprint density at radius 3 is 2.67 bits per heavy atom. The van der Waals surface area contributed by atoms with Gasteiger partial charge in [-0.15, -0.1) is 24.0 Å². The zero-order valence-corrected chi connectivity index (χ0v) is 18.0. The van der Waals surface area contributed by atoms with Gasteiger partial charge in [-0.1, -0.05) is 6.07 Å². The largest absolute Gasteiger partial charge is 0.505 e. The van der Waals surface area contributed by atoms with Crippen LogP contribution in [0.25, 0.3) is 0 Å². The van der Waals surface area contributed by atoms with Gasteiger partial charge in [-0.05, 0) is 44.4 Å². The van der Waals surface area contributed by atoms with Crippen molar-refractivity contribution in [2.75, 3.05) is 26.2 Å². The Kier molecular flexibility index (Phi) is 10.2. The number of phenolic OH excluding ortho intramolecular Hbond substituents is 1. The highest BCUT2D eigenvalue weighted by molar-refractivity contribution is 14.0. The first-order valence-electron chi connectivity index (χ1n) is 8.97. The number of aromatic hydroxyl groups is 1. The summed E-state index contributed by atoms with van der Waals surface area (Å²) in [6.45, 7) is 6.43. The molecule has 1 aromatic carbocycles. The highest BCUT2D eigenvalue weighted by atomic mass is 127. The fraction of sp³-hybridized carbons (Fsp3) is 0.556. The van der Waals surface area contributed by atoms with Gasteiger partial charge in [0.2, 0.25) is 0 Å². The summed E-state index contributed by atoms with van der Waals surface area (Å²) in [6, 6.07) is 4.45. The third-order valence-corrected chi connectivity index (χ3v) is 4.14. The molecule has 3 N–H and O–H groups in total. The summed E-state index contributed by atoms with van der Waals surface area (Å²) in [5.41, 5.74) is 0.676. The first-order chi connectivity index (χ1) is 12.5. The van der Waals surface area contributed by atoms with Gasteiger partial charge in [0, 0.05) is 25.7 Å². The van der Waals surface area contributed by atoms with E-state index in [4.69, 9.17) is 4.74 Å². The van der Waals surface area contributed by atoms with Crippen molar-refractivity contribution in [1.82, 2.24) is 15.5 Å². The second kappa shape index (κ2) is 11.8. The van der Waals surface area contributed by atoms with Gasteiger partial charge in [0.25, 0.3) is 0 Å². The highest BCUT2D eigenvalue weighted by Gasteiger charge is 2.24. The third kappa shape index (κ3) is 7.39. The molecular weight excluding hydrogens is 466 g/mol. The van der Waals surface area contributed by atoms with Crippen molar-refractivity contribution >= 4 is 36.0 Å². The Morgan fingerprint density at radius 2 is 2.07 bits per heavy atom. The van der Waals surface area contributed by atoms with Gasteiger partial charge < -0.3 is 25.4 Å². The molecule has 0 spiro atoms. The summed E-state index contributed by atoms with van der Waals surface area (Å²) >= 11 is 0. The lowest BCUT2D eigenvalue weighted by Gasteiger charge is -2.32. The number of likely N-dealkylation sites (tertiary alicyclic amines) is 1. The van der Waals surface area contributed by atoms with E-state index in [0.717, 1.165) is 12.8 Å².